The van der Waals surface area contributed by atoms with Crippen LogP contribution in [0, 0.1) is 0 Å². The highest BCUT2D eigenvalue weighted by atomic mass is 16.5. The zero-order chi connectivity index (χ0) is 8.97. The summed E-state index contributed by atoms with van der Waals surface area (Å²) in [7, 11) is 1.28. The number of aromatic nitrogens is 4. The summed E-state index contributed by atoms with van der Waals surface area (Å²) >= 11 is 0. The van der Waals surface area contributed by atoms with Crippen LogP contribution >= 0.6 is 0 Å². The van der Waals surface area contributed by atoms with Crippen molar-refractivity contribution in [2.45, 2.75) is 12.8 Å². The highest BCUT2D eigenvalue weighted by molar-refractivity contribution is 5.74. The Balaban J connectivity index is 2.32. The van der Waals surface area contributed by atoms with Gasteiger partial charge < -0.3 is 0 Å². The molecule has 1 aromatic heterocycles. The van der Waals surface area contributed by atoms with E-state index in [0.29, 0.717) is 17.3 Å². The molecule has 1 aromatic rings. The van der Waals surface area contributed by atoms with E-state index in [1.165, 1.54) is 7.05 Å². The summed E-state index contributed by atoms with van der Waals surface area (Å²) < 4.78 is 0. The average Bonchev–Trinajstić information content (AvgIpc) is 2.51. The van der Waals surface area contributed by atoms with Crippen molar-refractivity contribution in [1.82, 2.24) is 25.7 Å². The third-order valence-electron chi connectivity index (χ3n) is 1.31. The number of amides is 1. The maximum Gasteiger partial charge on any atom is 0.246 e. The van der Waals surface area contributed by atoms with Crippen LogP contribution in [0.3, 0.4) is 0 Å². The number of tetrazole rings is 1. The fraction of sp³-hybridized carbons (Fsp3) is 0.600. The molecule has 0 aliphatic rings. The van der Waals surface area contributed by atoms with E-state index < -0.39 is 0 Å². The maximum atomic E-state index is 10.8. The summed E-state index contributed by atoms with van der Waals surface area (Å²) in [6.07, 6.45) is 0.548. The number of nitrogens with zero attached hydrogens (tertiary/aromatic N) is 4. The molecule has 1 rings (SSSR count). The molecule has 12 heavy (non-hydrogen) atoms. The molecule has 0 spiro atoms. The summed E-state index contributed by atoms with van der Waals surface area (Å²) in [6, 6.07) is 0. The molecular weight excluding hydrogens is 162 g/mol. The third-order valence-corrected chi connectivity index (χ3v) is 1.31. The maximum absolute atomic E-state index is 10.8. The first-order valence-corrected chi connectivity index (χ1v) is 3.38. The van der Waals surface area contributed by atoms with Crippen LogP contribution in [0.2, 0.25) is 0 Å². The van der Waals surface area contributed by atoms with Crippen molar-refractivity contribution in [3.8, 4) is 0 Å². The Morgan fingerprint density at radius 2 is 2.50 bits per heavy atom. The second kappa shape index (κ2) is 3.77. The van der Waals surface area contributed by atoms with Crippen molar-refractivity contribution < 1.29 is 10.0 Å². The number of carbonyl (C=O) groups is 1. The smallest absolute Gasteiger partial charge is 0.246 e. The van der Waals surface area contributed by atoms with Gasteiger partial charge in [-0.25, -0.2) is 5.06 Å². The van der Waals surface area contributed by atoms with Gasteiger partial charge >= 0.3 is 0 Å². The van der Waals surface area contributed by atoms with E-state index >= 15 is 0 Å². The first-order chi connectivity index (χ1) is 5.70. The first kappa shape index (κ1) is 8.60. The molecule has 0 saturated carbocycles. The van der Waals surface area contributed by atoms with Crippen LogP contribution in [0.4, 0.5) is 0 Å². The predicted octanol–water partition coefficient (Wildman–Crippen LogP) is -1.02. The summed E-state index contributed by atoms with van der Waals surface area (Å²) in [4.78, 5) is 10.8. The van der Waals surface area contributed by atoms with Gasteiger partial charge in [0.1, 0.15) is 0 Å². The third kappa shape index (κ3) is 2.27. The molecule has 0 aromatic carbocycles. The van der Waals surface area contributed by atoms with Gasteiger partial charge in [-0.2, -0.15) is 5.21 Å². The van der Waals surface area contributed by atoms with Crippen molar-refractivity contribution in [2.24, 2.45) is 0 Å². The molecule has 0 radical (unpaired) electrons. The Kier molecular flexibility index (Phi) is 2.70. The van der Waals surface area contributed by atoms with Crippen molar-refractivity contribution >= 4 is 5.91 Å². The molecule has 0 aliphatic heterocycles. The van der Waals surface area contributed by atoms with Gasteiger partial charge in [-0.1, -0.05) is 5.21 Å². The standard InChI is InChI=1S/C5H9N5O2/c1-10(12)5(11)3-2-4-6-8-9-7-4/h12H,2-3H2,1H3,(H,6,7,8,9). The molecule has 0 bridgehead atoms. The van der Waals surface area contributed by atoms with E-state index in [1.807, 2.05) is 0 Å². The van der Waals surface area contributed by atoms with Crippen molar-refractivity contribution in [3.05, 3.63) is 5.82 Å². The van der Waals surface area contributed by atoms with Crippen LogP contribution in [0.5, 0.6) is 0 Å². The van der Waals surface area contributed by atoms with E-state index in [4.69, 9.17) is 5.21 Å². The second-order valence-corrected chi connectivity index (χ2v) is 2.25. The number of aryl methyl sites for hydroxylation is 1. The van der Waals surface area contributed by atoms with Crippen LogP contribution < -0.4 is 0 Å². The van der Waals surface area contributed by atoms with Crippen LogP contribution in [0.25, 0.3) is 0 Å². The fourth-order valence-electron chi connectivity index (χ4n) is 0.669. The normalized spacial score (nSPS) is 9.83. The van der Waals surface area contributed by atoms with E-state index in [9.17, 15) is 4.79 Å². The minimum Gasteiger partial charge on any atom is -0.286 e. The molecule has 0 unspecified atom stereocenters. The lowest BCUT2D eigenvalue weighted by Gasteiger charge is -2.05. The number of hydrogen-bond donors (Lipinski definition) is 2. The Morgan fingerprint density at radius 1 is 1.75 bits per heavy atom. The van der Waals surface area contributed by atoms with Crippen LogP contribution in [-0.2, 0) is 11.2 Å². The number of carbonyl (C=O) groups excluding carboxylic acids is 1. The monoisotopic (exact) mass is 171 g/mol. The number of hydrogen-bond acceptors (Lipinski definition) is 5. The molecule has 0 saturated heterocycles. The zero-order valence-electron chi connectivity index (χ0n) is 6.56. The summed E-state index contributed by atoms with van der Waals surface area (Å²) in [6.45, 7) is 0. The second-order valence-electron chi connectivity index (χ2n) is 2.25. The fourth-order valence-corrected chi connectivity index (χ4v) is 0.669. The van der Waals surface area contributed by atoms with Gasteiger partial charge in [0, 0.05) is 19.9 Å². The molecule has 1 amide bonds. The molecule has 0 fully saturated rings. The largest absolute Gasteiger partial charge is 0.286 e. The number of nitrogens with one attached hydrogen (secondary N) is 1. The molecule has 7 heteroatoms. The topological polar surface area (TPSA) is 95.0 Å². The van der Waals surface area contributed by atoms with E-state index in [-0.39, 0.29) is 12.3 Å². The van der Waals surface area contributed by atoms with E-state index in [1.54, 1.807) is 0 Å². The van der Waals surface area contributed by atoms with E-state index in [0.717, 1.165) is 0 Å². The Morgan fingerprint density at radius 3 is 3.00 bits per heavy atom. The molecule has 0 aliphatic carbocycles. The van der Waals surface area contributed by atoms with Gasteiger partial charge in [0.05, 0.1) is 0 Å². The minimum absolute atomic E-state index is 0.173. The molecule has 66 valence electrons. The van der Waals surface area contributed by atoms with E-state index in [2.05, 4.69) is 20.6 Å². The minimum atomic E-state index is -0.375. The summed E-state index contributed by atoms with van der Waals surface area (Å²) in [5.41, 5.74) is 0. The van der Waals surface area contributed by atoms with Gasteiger partial charge in [0.25, 0.3) is 0 Å². The summed E-state index contributed by atoms with van der Waals surface area (Å²) in [5, 5.41) is 22.1. The van der Waals surface area contributed by atoms with Gasteiger partial charge in [-0.15, -0.1) is 10.2 Å². The Hall–Kier alpha value is -1.50. The van der Waals surface area contributed by atoms with Gasteiger partial charge in [-0.05, 0) is 0 Å². The van der Waals surface area contributed by atoms with Gasteiger partial charge in [-0.3, -0.25) is 10.0 Å². The van der Waals surface area contributed by atoms with Gasteiger partial charge in [0.15, 0.2) is 5.82 Å². The predicted molar refractivity (Wildman–Crippen MR) is 37.1 cm³/mol. The lowest BCUT2D eigenvalue weighted by molar-refractivity contribution is -0.159. The molecule has 2 N–H and O–H groups in total. The van der Waals surface area contributed by atoms with Gasteiger partial charge in [0.2, 0.25) is 5.91 Å². The number of aromatic amines is 1. The van der Waals surface area contributed by atoms with Crippen LogP contribution in [0.1, 0.15) is 12.2 Å². The Bertz CT molecular complexity index is 244. The van der Waals surface area contributed by atoms with Crippen LogP contribution in [0.15, 0.2) is 0 Å². The van der Waals surface area contributed by atoms with Crippen molar-refractivity contribution in [2.75, 3.05) is 7.05 Å². The molecule has 7 nitrogen and oxygen atoms in total. The first-order valence-electron chi connectivity index (χ1n) is 3.38. The lowest BCUT2D eigenvalue weighted by atomic mass is 10.3. The average molecular weight is 171 g/mol. The zero-order valence-corrected chi connectivity index (χ0v) is 6.56. The SMILES string of the molecule is CN(O)C(=O)CCc1nn[nH]n1. The molecule has 0 atom stereocenters. The Labute approximate surface area is 68.3 Å². The van der Waals surface area contributed by atoms with Crippen molar-refractivity contribution in [1.29, 1.82) is 0 Å². The van der Waals surface area contributed by atoms with Crippen molar-refractivity contribution in [3.63, 3.8) is 0 Å². The lowest BCUT2D eigenvalue weighted by Crippen LogP contribution is -2.22. The molecule has 1 heterocycles. The number of H-pyrrole nitrogens is 1. The molecular formula is C5H9N5O2. The number of hydroxylamine groups is 2. The summed E-state index contributed by atoms with van der Waals surface area (Å²) in [5.74, 6) is 0.0880. The highest BCUT2D eigenvalue weighted by Gasteiger charge is 2.07. The van der Waals surface area contributed by atoms with Crippen LogP contribution in [-0.4, -0.2) is 43.8 Å². The highest BCUT2D eigenvalue weighted by Crippen LogP contribution is 1.94. The quantitative estimate of drug-likeness (QED) is 0.448. The number of rotatable bonds is 3.